The number of hydrogen-bond donors (Lipinski definition) is 0. The fourth-order valence-electron chi connectivity index (χ4n) is 8.62. The Bertz CT molecular complexity index is 2980. The standard InChI is InChI=1S/C54H35N/c1-3-12-36(13-4-1)38-16-7-18-40(30-38)42-20-9-22-44(32-42)46-26-28-52-50(34-46)48-24-11-25-49-51-35-47(27-29-53(51)55(52)54(48)49)45-23-10-21-43(33-45)41-19-8-17-39(31-41)37-14-5-2-6-15-37/h1-35H. The SMILES string of the molecule is c1ccc(-c2cccc(-c3cccc(-c4ccc5c(c4)c4cccc6c7cc(-c8cccc(-c9cccc(-c%10ccccc%10)c9)c8)ccc7n5c46)c3)c2)cc1. The molecule has 0 aliphatic heterocycles. The number of para-hydroxylation sites is 1. The molecule has 11 rings (SSSR count). The Hall–Kier alpha value is -7.22. The smallest absolute Gasteiger partial charge is 0.0620 e. The van der Waals surface area contributed by atoms with Crippen LogP contribution in [0.5, 0.6) is 0 Å². The molecule has 256 valence electrons. The summed E-state index contributed by atoms with van der Waals surface area (Å²) >= 11 is 0. The molecule has 55 heavy (non-hydrogen) atoms. The van der Waals surface area contributed by atoms with Crippen molar-refractivity contribution in [1.82, 2.24) is 4.40 Å². The third-order valence-corrected chi connectivity index (χ3v) is 11.3. The van der Waals surface area contributed by atoms with Gasteiger partial charge in [0.05, 0.1) is 16.6 Å². The maximum Gasteiger partial charge on any atom is 0.0620 e. The van der Waals surface area contributed by atoms with E-state index in [1.165, 1.54) is 105 Å². The Morgan fingerprint density at radius 2 is 0.491 bits per heavy atom. The Kier molecular flexibility index (Phi) is 7.25. The first kappa shape index (κ1) is 31.3. The van der Waals surface area contributed by atoms with Gasteiger partial charge in [-0.1, -0.05) is 164 Å². The number of rotatable bonds is 6. The summed E-state index contributed by atoms with van der Waals surface area (Å²) in [6, 6.07) is 77.6. The quantitative estimate of drug-likeness (QED) is 0.163. The van der Waals surface area contributed by atoms with E-state index in [1.54, 1.807) is 0 Å². The number of benzene rings is 9. The van der Waals surface area contributed by atoms with E-state index in [1.807, 2.05) is 0 Å². The van der Waals surface area contributed by atoms with Crippen LogP contribution in [0.4, 0.5) is 0 Å². The van der Waals surface area contributed by atoms with Crippen molar-refractivity contribution in [3.63, 3.8) is 0 Å². The summed E-state index contributed by atoms with van der Waals surface area (Å²) < 4.78 is 2.47. The molecule has 2 aromatic heterocycles. The summed E-state index contributed by atoms with van der Waals surface area (Å²) in [5.74, 6) is 0. The first-order valence-electron chi connectivity index (χ1n) is 19.0. The molecular weight excluding hydrogens is 663 g/mol. The molecule has 2 heterocycles. The lowest BCUT2D eigenvalue weighted by atomic mass is 9.95. The molecule has 0 aliphatic carbocycles. The van der Waals surface area contributed by atoms with Gasteiger partial charge < -0.3 is 4.40 Å². The average Bonchev–Trinajstić information content (AvgIpc) is 3.79. The van der Waals surface area contributed by atoms with E-state index in [0.717, 1.165) is 0 Å². The molecule has 1 nitrogen and oxygen atoms in total. The third kappa shape index (κ3) is 5.32. The summed E-state index contributed by atoms with van der Waals surface area (Å²) in [5.41, 5.74) is 18.5. The van der Waals surface area contributed by atoms with Gasteiger partial charge in [-0.05, 0) is 115 Å². The van der Waals surface area contributed by atoms with Crippen molar-refractivity contribution in [1.29, 1.82) is 0 Å². The summed E-state index contributed by atoms with van der Waals surface area (Å²) in [7, 11) is 0. The van der Waals surface area contributed by atoms with Crippen molar-refractivity contribution < 1.29 is 0 Å². The molecule has 0 amide bonds. The first-order chi connectivity index (χ1) is 27.2. The van der Waals surface area contributed by atoms with Crippen molar-refractivity contribution in [3.8, 4) is 66.8 Å². The molecule has 0 bridgehead atoms. The summed E-state index contributed by atoms with van der Waals surface area (Å²) in [4.78, 5) is 0. The average molecular weight is 698 g/mol. The predicted molar refractivity (Wildman–Crippen MR) is 234 cm³/mol. The van der Waals surface area contributed by atoms with Crippen LogP contribution in [0.15, 0.2) is 212 Å². The number of nitrogens with zero attached hydrogens (tertiary/aromatic N) is 1. The first-order valence-corrected chi connectivity index (χ1v) is 19.0. The van der Waals surface area contributed by atoms with E-state index in [0.29, 0.717) is 0 Å². The summed E-state index contributed by atoms with van der Waals surface area (Å²) in [6.07, 6.45) is 0. The minimum absolute atomic E-state index is 1.22. The van der Waals surface area contributed by atoms with Crippen LogP contribution >= 0.6 is 0 Å². The van der Waals surface area contributed by atoms with Gasteiger partial charge >= 0.3 is 0 Å². The minimum atomic E-state index is 1.22. The van der Waals surface area contributed by atoms with E-state index >= 15 is 0 Å². The molecule has 0 spiro atoms. The van der Waals surface area contributed by atoms with Crippen LogP contribution in [-0.4, -0.2) is 4.40 Å². The predicted octanol–water partition coefficient (Wildman–Crippen LogP) is 14.8. The molecule has 0 saturated heterocycles. The number of aromatic nitrogens is 1. The van der Waals surface area contributed by atoms with Gasteiger partial charge in [-0.3, -0.25) is 0 Å². The second-order valence-corrected chi connectivity index (χ2v) is 14.6. The number of hydrogen-bond acceptors (Lipinski definition) is 0. The van der Waals surface area contributed by atoms with Crippen LogP contribution in [0.3, 0.4) is 0 Å². The highest BCUT2D eigenvalue weighted by atomic mass is 14.9. The van der Waals surface area contributed by atoms with Gasteiger partial charge in [0.15, 0.2) is 0 Å². The molecule has 0 N–H and O–H groups in total. The van der Waals surface area contributed by atoms with E-state index in [-0.39, 0.29) is 0 Å². The molecule has 0 atom stereocenters. The molecule has 1 heteroatoms. The van der Waals surface area contributed by atoms with Gasteiger partial charge in [0.2, 0.25) is 0 Å². The van der Waals surface area contributed by atoms with Crippen molar-refractivity contribution >= 4 is 38.1 Å². The highest BCUT2D eigenvalue weighted by molar-refractivity contribution is 6.24. The van der Waals surface area contributed by atoms with Gasteiger partial charge in [-0.15, -0.1) is 0 Å². The second kappa shape index (κ2) is 12.7. The Labute approximate surface area is 320 Å². The summed E-state index contributed by atoms with van der Waals surface area (Å²) in [5, 5.41) is 5.15. The zero-order valence-electron chi connectivity index (χ0n) is 30.2. The highest BCUT2D eigenvalue weighted by Crippen LogP contribution is 2.42. The van der Waals surface area contributed by atoms with Crippen LogP contribution in [0, 0.1) is 0 Å². The Balaban J connectivity index is 0.969. The normalized spacial score (nSPS) is 11.6. The molecule has 0 aliphatic rings. The lowest BCUT2D eigenvalue weighted by molar-refractivity contribution is 1.37. The van der Waals surface area contributed by atoms with Crippen LogP contribution in [0.25, 0.3) is 105 Å². The van der Waals surface area contributed by atoms with Crippen molar-refractivity contribution in [3.05, 3.63) is 212 Å². The minimum Gasteiger partial charge on any atom is -0.308 e. The topological polar surface area (TPSA) is 4.41 Å². The zero-order chi connectivity index (χ0) is 36.3. The maximum absolute atomic E-state index is 2.47. The Morgan fingerprint density at radius 3 is 0.855 bits per heavy atom. The second-order valence-electron chi connectivity index (χ2n) is 14.6. The highest BCUT2D eigenvalue weighted by Gasteiger charge is 2.18. The van der Waals surface area contributed by atoms with Crippen LogP contribution < -0.4 is 0 Å². The van der Waals surface area contributed by atoms with E-state index in [2.05, 4.69) is 217 Å². The van der Waals surface area contributed by atoms with Crippen LogP contribution in [0.2, 0.25) is 0 Å². The molecule has 0 radical (unpaired) electrons. The maximum atomic E-state index is 2.47. The van der Waals surface area contributed by atoms with Gasteiger partial charge in [0.25, 0.3) is 0 Å². The lowest BCUT2D eigenvalue weighted by Gasteiger charge is -2.10. The van der Waals surface area contributed by atoms with Crippen molar-refractivity contribution in [2.75, 3.05) is 0 Å². The lowest BCUT2D eigenvalue weighted by Crippen LogP contribution is -1.85. The molecular formula is C54H35N. The third-order valence-electron chi connectivity index (χ3n) is 11.3. The molecule has 11 aromatic rings. The fraction of sp³-hybridized carbons (Fsp3) is 0. The zero-order valence-corrected chi connectivity index (χ0v) is 30.2. The van der Waals surface area contributed by atoms with Crippen molar-refractivity contribution in [2.24, 2.45) is 0 Å². The van der Waals surface area contributed by atoms with Gasteiger partial charge in [0, 0.05) is 21.5 Å². The fourth-order valence-corrected chi connectivity index (χ4v) is 8.62. The molecule has 0 fully saturated rings. The van der Waals surface area contributed by atoms with E-state index < -0.39 is 0 Å². The van der Waals surface area contributed by atoms with E-state index in [4.69, 9.17) is 0 Å². The Morgan fingerprint density at radius 1 is 0.200 bits per heavy atom. The number of fused-ring (bicyclic) bond motifs is 6. The molecule has 9 aromatic carbocycles. The monoisotopic (exact) mass is 697 g/mol. The van der Waals surface area contributed by atoms with Crippen LogP contribution in [0.1, 0.15) is 0 Å². The molecule has 0 saturated carbocycles. The van der Waals surface area contributed by atoms with Gasteiger partial charge in [0.1, 0.15) is 0 Å². The van der Waals surface area contributed by atoms with E-state index in [9.17, 15) is 0 Å². The van der Waals surface area contributed by atoms with Gasteiger partial charge in [-0.2, -0.15) is 0 Å². The summed E-state index contributed by atoms with van der Waals surface area (Å²) in [6.45, 7) is 0. The molecule has 0 unspecified atom stereocenters. The van der Waals surface area contributed by atoms with Crippen LogP contribution in [-0.2, 0) is 0 Å². The van der Waals surface area contributed by atoms with Crippen molar-refractivity contribution in [2.45, 2.75) is 0 Å². The van der Waals surface area contributed by atoms with Gasteiger partial charge in [-0.25, -0.2) is 0 Å². The largest absolute Gasteiger partial charge is 0.308 e.